The van der Waals surface area contributed by atoms with Crippen molar-refractivity contribution in [2.45, 2.75) is 30.6 Å². The number of nitrogens with zero attached hydrogens (tertiary/aromatic N) is 1. The molecule has 1 aromatic rings. The molecule has 1 heterocycles. The van der Waals surface area contributed by atoms with Crippen LogP contribution in [-0.2, 0) is 14.9 Å². The van der Waals surface area contributed by atoms with E-state index >= 15 is 0 Å². The number of hydrogen-bond acceptors (Lipinski definition) is 5. The van der Waals surface area contributed by atoms with Crippen LogP contribution in [0.5, 0.6) is 5.75 Å². The van der Waals surface area contributed by atoms with Crippen LogP contribution in [0.2, 0.25) is 0 Å². The summed E-state index contributed by atoms with van der Waals surface area (Å²) in [5, 5.41) is 0. The van der Waals surface area contributed by atoms with Crippen molar-refractivity contribution >= 4 is 15.9 Å². The monoisotopic (exact) mass is 342 g/mol. The third kappa shape index (κ3) is 4.01. The van der Waals surface area contributed by atoms with E-state index in [0.717, 1.165) is 25.7 Å². The molecule has 0 aliphatic carbocycles. The molecule has 0 atom stereocenters. The first-order valence-electron chi connectivity index (χ1n) is 7.52. The lowest BCUT2D eigenvalue weighted by Gasteiger charge is -2.21. The molecule has 0 saturated carbocycles. The second kappa shape index (κ2) is 7.76. The molecule has 1 aliphatic rings. The third-order valence-corrected chi connectivity index (χ3v) is 5.72. The van der Waals surface area contributed by atoms with Gasteiger partial charge in [-0.15, -0.1) is 0 Å². The molecule has 8 heteroatoms. The fraction of sp³-hybridized carbons (Fsp3) is 0.533. The van der Waals surface area contributed by atoms with Crippen molar-refractivity contribution in [1.82, 2.24) is 9.79 Å². The van der Waals surface area contributed by atoms with Crippen LogP contribution in [0.25, 0.3) is 0 Å². The lowest BCUT2D eigenvalue weighted by atomic mass is 10.2. The van der Waals surface area contributed by atoms with Crippen LogP contribution in [0.4, 0.5) is 0 Å². The smallest absolute Gasteiger partial charge is 0.274 e. The number of amides is 1. The fourth-order valence-corrected chi connectivity index (χ4v) is 4.29. The van der Waals surface area contributed by atoms with Gasteiger partial charge in [0.15, 0.2) is 0 Å². The Labute approximate surface area is 136 Å². The first-order chi connectivity index (χ1) is 11.0. The standard InChI is InChI=1S/C15H22N2O5S/c1-21-13-8-7-12(15(18)16-22-2)11-14(13)23(19,20)17-9-5-3-4-6-10-17/h7-8,11H,3-6,9-10H2,1-2H3,(H,16,18). The Morgan fingerprint density at radius 1 is 1.13 bits per heavy atom. The maximum Gasteiger partial charge on any atom is 0.274 e. The molecule has 1 fully saturated rings. The van der Waals surface area contributed by atoms with Gasteiger partial charge in [0.2, 0.25) is 10.0 Å². The van der Waals surface area contributed by atoms with Gasteiger partial charge in [0.25, 0.3) is 5.91 Å². The molecular weight excluding hydrogens is 320 g/mol. The number of carbonyl (C=O) groups is 1. The molecule has 1 aromatic carbocycles. The molecule has 1 saturated heterocycles. The zero-order chi connectivity index (χ0) is 16.9. The third-order valence-electron chi connectivity index (χ3n) is 3.80. The van der Waals surface area contributed by atoms with E-state index in [-0.39, 0.29) is 16.2 Å². The molecule has 128 valence electrons. The van der Waals surface area contributed by atoms with Crippen molar-refractivity contribution in [3.63, 3.8) is 0 Å². The predicted octanol–water partition coefficient (Wildman–Crippen LogP) is 1.55. The Morgan fingerprint density at radius 2 is 1.78 bits per heavy atom. The van der Waals surface area contributed by atoms with Crippen LogP contribution in [0, 0.1) is 0 Å². The maximum absolute atomic E-state index is 12.9. The van der Waals surface area contributed by atoms with Crippen LogP contribution in [-0.4, -0.2) is 45.9 Å². The zero-order valence-corrected chi connectivity index (χ0v) is 14.2. The second-order valence-electron chi connectivity index (χ2n) is 5.32. The van der Waals surface area contributed by atoms with Crippen molar-refractivity contribution in [3.8, 4) is 5.75 Å². The predicted molar refractivity (Wildman–Crippen MR) is 84.7 cm³/mol. The maximum atomic E-state index is 12.9. The van der Waals surface area contributed by atoms with E-state index in [0.29, 0.717) is 13.1 Å². The summed E-state index contributed by atoms with van der Waals surface area (Å²) in [4.78, 5) is 16.5. The van der Waals surface area contributed by atoms with E-state index < -0.39 is 15.9 Å². The van der Waals surface area contributed by atoms with E-state index in [1.54, 1.807) is 0 Å². The van der Waals surface area contributed by atoms with Crippen molar-refractivity contribution in [2.24, 2.45) is 0 Å². The van der Waals surface area contributed by atoms with Crippen molar-refractivity contribution in [3.05, 3.63) is 23.8 Å². The summed E-state index contributed by atoms with van der Waals surface area (Å²) in [5.74, 6) is -0.286. The lowest BCUT2D eigenvalue weighted by Crippen LogP contribution is -2.32. The van der Waals surface area contributed by atoms with Gasteiger partial charge < -0.3 is 4.74 Å². The molecule has 0 aromatic heterocycles. The van der Waals surface area contributed by atoms with Crippen molar-refractivity contribution < 1.29 is 22.8 Å². The van der Waals surface area contributed by atoms with E-state index in [1.165, 1.54) is 36.7 Å². The quantitative estimate of drug-likeness (QED) is 0.821. The topological polar surface area (TPSA) is 84.9 Å². The highest BCUT2D eigenvalue weighted by molar-refractivity contribution is 7.89. The molecule has 0 spiro atoms. The summed E-state index contributed by atoms with van der Waals surface area (Å²) in [5.41, 5.74) is 2.37. The number of rotatable bonds is 5. The van der Waals surface area contributed by atoms with E-state index in [9.17, 15) is 13.2 Å². The first kappa shape index (κ1) is 17.7. The van der Waals surface area contributed by atoms with Gasteiger partial charge in [0, 0.05) is 18.7 Å². The molecular formula is C15H22N2O5S. The van der Waals surface area contributed by atoms with Crippen LogP contribution in [0.15, 0.2) is 23.1 Å². The Hall–Kier alpha value is -1.64. The van der Waals surface area contributed by atoms with Crippen molar-refractivity contribution in [2.75, 3.05) is 27.3 Å². The molecule has 0 radical (unpaired) electrons. The van der Waals surface area contributed by atoms with Gasteiger partial charge in [-0.25, -0.2) is 13.9 Å². The average molecular weight is 342 g/mol. The normalized spacial score (nSPS) is 16.6. The molecule has 0 bridgehead atoms. The minimum atomic E-state index is -3.71. The molecule has 7 nitrogen and oxygen atoms in total. The molecule has 0 unspecified atom stereocenters. The molecule has 23 heavy (non-hydrogen) atoms. The molecule has 2 rings (SSSR count). The number of sulfonamides is 1. The number of methoxy groups -OCH3 is 1. The van der Waals surface area contributed by atoms with Crippen LogP contribution in [0.3, 0.4) is 0 Å². The minimum absolute atomic E-state index is 0.00523. The first-order valence-corrected chi connectivity index (χ1v) is 8.96. The van der Waals surface area contributed by atoms with Gasteiger partial charge in [0.1, 0.15) is 10.6 Å². The highest BCUT2D eigenvalue weighted by Gasteiger charge is 2.29. The number of carbonyl (C=O) groups excluding carboxylic acids is 1. The highest BCUT2D eigenvalue weighted by atomic mass is 32.2. The van der Waals surface area contributed by atoms with E-state index in [2.05, 4.69) is 10.3 Å². The Kier molecular flexibility index (Phi) is 5.97. The van der Waals surface area contributed by atoms with Gasteiger partial charge in [-0.1, -0.05) is 12.8 Å². The molecule has 1 N–H and O–H groups in total. The van der Waals surface area contributed by atoms with E-state index in [1.807, 2.05) is 0 Å². The molecule has 1 amide bonds. The number of ether oxygens (including phenoxy) is 1. The number of hydrogen-bond donors (Lipinski definition) is 1. The summed E-state index contributed by atoms with van der Waals surface area (Å²) in [6.45, 7) is 0.972. The van der Waals surface area contributed by atoms with Gasteiger partial charge in [-0.3, -0.25) is 9.63 Å². The summed E-state index contributed by atoms with van der Waals surface area (Å²) in [7, 11) is -0.987. The number of benzene rings is 1. The number of nitrogens with one attached hydrogen (secondary N) is 1. The summed E-state index contributed by atoms with van der Waals surface area (Å²) >= 11 is 0. The zero-order valence-electron chi connectivity index (χ0n) is 13.4. The number of hydroxylamine groups is 1. The van der Waals surface area contributed by atoms with Crippen molar-refractivity contribution in [1.29, 1.82) is 0 Å². The van der Waals surface area contributed by atoms with Gasteiger partial charge in [-0.2, -0.15) is 4.31 Å². The average Bonchev–Trinajstić information content (AvgIpc) is 2.84. The van der Waals surface area contributed by atoms with Gasteiger partial charge >= 0.3 is 0 Å². The second-order valence-corrected chi connectivity index (χ2v) is 7.23. The Balaban J connectivity index is 2.42. The minimum Gasteiger partial charge on any atom is -0.495 e. The summed E-state index contributed by atoms with van der Waals surface area (Å²) in [6.07, 6.45) is 3.73. The van der Waals surface area contributed by atoms with Crippen LogP contribution < -0.4 is 10.2 Å². The highest BCUT2D eigenvalue weighted by Crippen LogP contribution is 2.29. The fourth-order valence-electron chi connectivity index (χ4n) is 2.59. The van der Waals surface area contributed by atoms with E-state index in [4.69, 9.17) is 4.74 Å². The van der Waals surface area contributed by atoms with Gasteiger partial charge in [0.05, 0.1) is 14.2 Å². The summed E-state index contributed by atoms with van der Waals surface area (Å²) in [6, 6.07) is 4.30. The Morgan fingerprint density at radius 3 is 2.35 bits per heavy atom. The van der Waals surface area contributed by atoms with Crippen LogP contribution in [0.1, 0.15) is 36.0 Å². The van der Waals surface area contributed by atoms with Gasteiger partial charge in [-0.05, 0) is 31.0 Å². The van der Waals surface area contributed by atoms with Crippen LogP contribution >= 0.6 is 0 Å². The molecule has 1 aliphatic heterocycles. The summed E-state index contributed by atoms with van der Waals surface area (Å²) < 4.78 is 32.5. The SMILES string of the molecule is CONC(=O)c1ccc(OC)c(S(=O)(=O)N2CCCCCC2)c1. The lowest BCUT2D eigenvalue weighted by molar-refractivity contribution is 0.0537. The Bertz CT molecular complexity index is 652. The largest absolute Gasteiger partial charge is 0.495 e.